The Morgan fingerprint density at radius 1 is 1.00 bits per heavy atom. The first-order chi connectivity index (χ1) is 9.07. The lowest BCUT2D eigenvalue weighted by Crippen LogP contribution is -2.45. The summed E-state index contributed by atoms with van der Waals surface area (Å²) in [6.45, 7) is 9.23. The van der Waals surface area contributed by atoms with Crippen molar-refractivity contribution in [3.8, 4) is 0 Å². The summed E-state index contributed by atoms with van der Waals surface area (Å²) in [5, 5.41) is 5.95. The molecule has 0 heterocycles. The van der Waals surface area contributed by atoms with Gasteiger partial charge in [-0.1, -0.05) is 0 Å². The number of ether oxygens (including phenoxy) is 3. The van der Waals surface area contributed by atoms with E-state index in [1.54, 1.807) is 7.11 Å². The molecule has 0 aromatic rings. The Kier molecular flexibility index (Phi) is 11.9. The lowest BCUT2D eigenvalue weighted by atomic mass is 10.3. The minimum atomic E-state index is -0.205. The minimum absolute atomic E-state index is 0.0119. The molecule has 0 aliphatic rings. The second-order valence-corrected chi connectivity index (χ2v) is 4.56. The molecule has 0 aliphatic heterocycles. The molecule has 2 N–H and O–H groups in total. The molecule has 114 valence electrons. The highest BCUT2D eigenvalue weighted by Gasteiger charge is 2.11. The molecule has 1 amide bonds. The molecule has 19 heavy (non-hydrogen) atoms. The third kappa shape index (κ3) is 12.1. The van der Waals surface area contributed by atoms with E-state index in [2.05, 4.69) is 10.6 Å². The molecule has 1 unspecified atom stereocenters. The fourth-order valence-corrected chi connectivity index (χ4v) is 1.31. The molecule has 0 aromatic carbocycles. The Morgan fingerprint density at radius 2 is 1.58 bits per heavy atom. The second kappa shape index (κ2) is 12.3. The highest BCUT2D eigenvalue weighted by atomic mass is 16.5. The summed E-state index contributed by atoms with van der Waals surface area (Å²) in [7, 11) is 1.64. The Balaban J connectivity index is 3.31. The van der Waals surface area contributed by atoms with Gasteiger partial charge in [-0.25, -0.2) is 0 Å². The van der Waals surface area contributed by atoms with E-state index in [4.69, 9.17) is 14.2 Å². The summed E-state index contributed by atoms with van der Waals surface area (Å²) in [4.78, 5) is 11.6. The van der Waals surface area contributed by atoms with Crippen LogP contribution < -0.4 is 10.6 Å². The average molecular weight is 276 g/mol. The van der Waals surface area contributed by atoms with E-state index in [9.17, 15) is 4.79 Å². The Labute approximate surface area is 116 Å². The van der Waals surface area contributed by atoms with Gasteiger partial charge in [0.2, 0.25) is 5.91 Å². The van der Waals surface area contributed by atoms with E-state index in [-0.39, 0.29) is 18.0 Å². The topological polar surface area (TPSA) is 68.8 Å². The maximum absolute atomic E-state index is 11.6. The lowest BCUT2D eigenvalue weighted by Gasteiger charge is -2.16. The van der Waals surface area contributed by atoms with Gasteiger partial charge in [0.15, 0.2) is 0 Å². The van der Waals surface area contributed by atoms with Gasteiger partial charge in [0.1, 0.15) is 0 Å². The smallest absolute Gasteiger partial charge is 0.237 e. The monoisotopic (exact) mass is 276 g/mol. The molecule has 6 nitrogen and oxygen atoms in total. The zero-order chi connectivity index (χ0) is 14.5. The normalized spacial score (nSPS) is 12.7. The number of hydrogen-bond donors (Lipinski definition) is 2. The predicted octanol–water partition coefficient (Wildman–Crippen LogP) is 0.169. The highest BCUT2D eigenvalue weighted by Crippen LogP contribution is 1.85. The van der Waals surface area contributed by atoms with Gasteiger partial charge in [0.25, 0.3) is 0 Å². The van der Waals surface area contributed by atoms with Gasteiger partial charge in [0.05, 0.1) is 39.1 Å². The summed E-state index contributed by atoms with van der Waals surface area (Å²) in [6.07, 6.45) is 0. The molecule has 0 saturated carbocycles. The first kappa shape index (κ1) is 18.3. The van der Waals surface area contributed by atoms with Crippen LogP contribution in [0.2, 0.25) is 0 Å². The summed E-state index contributed by atoms with van der Waals surface area (Å²) in [5.74, 6) is 0.0119. The molecular formula is C13H28N2O4. The van der Waals surface area contributed by atoms with Crippen molar-refractivity contribution in [1.82, 2.24) is 10.6 Å². The van der Waals surface area contributed by atoms with Crippen molar-refractivity contribution >= 4 is 5.91 Å². The van der Waals surface area contributed by atoms with Gasteiger partial charge < -0.3 is 24.8 Å². The van der Waals surface area contributed by atoms with Crippen molar-refractivity contribution in [2.45, 2.75) is 32.9 Å². The van der Waals surface area contributed by atoms with E-state index >= 15 is 0 Å². The largest absolute Gasteiger partial charge is 0.382 e. The van der Waals surface area contributed by atoms with Gasteiger partial charge >= 0.3 is 0 Å². The van der Waals surface area contributed by atoms with Gasteiger partial charge in [-0.3, -0.25) is 4.79 Å². The molecule has 0 saturated heterocycles. The van der Waals surface area contributed by atoms with Gasteiger partial charge in [-0.05, 0) is 20.8 Å². The van der Waals surface area contributed by atoms with Crippen LogP contribution in [0.3, 0.4) is 0 Å². The number of carbonyl (C=O) groups excluding carboxylic acids is 1. The zero-order valence-corrected chi connectivity index (χ0v) is 12.5. The van der Waals surface area contributed by atoms with Crippen molar-refractivity contribution < 1.29 is 19.0 Å². The summed E-state index contributed by atoms with van der Waals surface area (Å²) in [5.41, 5.74) is 0. The first-order valence-corrected chi connectivity index (χ1v) is 6.76. The number of amides is 1. The van der Waals surface area contributed by atoms with Crippen LogP contribution in [0.4, 0.5) is 0 Å². The van der Waals surface area contributed by atoms with E-state index < -0.39 is 0 Å². The molecule has 0 aliphatic carbocycles. The first-order valence-electron chi connectivity index (χ1n) is 6.76. The third-order valence-electron chi connectivity index (χ3n) is 2.32. The van der Waals surface area contributed by atoms with Crippen LogP contribution >= 0.6 is 0 Å². The second-order valence-electron chi connectivity index (χ2n) is 4.56. The quantitative estimate of drug-likeness (QED) is 0.497. The fourth-order valence-electron chi connectivity index (χ4n) is 1.31. The highest BCUT2D eigenvalue weighted by molar-refractivity contribution is 5.81. The van der Waals surface area contributed by atoms with Crippen molar-refractivity contribution in [1.29, 1.82) is 0 Å². The van der Waals surface area contributed by atoms with Crippen LogP contribution in [-0.4, -0.2) is 64.7 Å². The minimum Gasteiger partial charge on any atom is -0.382 e. The molecule has 0 radical (unpaired) electrons. The van der Waals surface area contributed by atoms with E-state index in [0.717, 1.165) is 0 Å². The van der Waals surface area contributed by atoms with Gasteiger partial charge in [-0.15, -0.1) is 0 Å². The van der Waals surface area contributed by atoms with Gasteiger partial charge in [-0.2, -0.15) is 0 Å². The number of carbonyl (C=O) groups is 1. The van der Waals surface area contributed by atoms with E-state index in [1.807, 2.05) is 20.8 Å². The average Bonchev–Trinajstić information content (AvgIpc) is 2.35. The maximum Gasteiger partial charge on any atom is 0.237 e. The summed E-state index contributed by atoms with van der Waals surface area (Å²) >= 11 is 0. The Hall–Kier alpha value is -0.690. The molecule has 0 spiro atoms. The van der Waals surface area contributed by atoms with Crippen LogP contribution in [-0.2, 0) is 19.0 Å². The van der Waals surface area contributed by atoms with Crippen molar-refractivity contribution in [3.63, 3.8) is 0 Å². The van der Waals surface area contributed by atoms with Crippen LogP contribution in [0, 0.1) is 0 Å². The molecule has 0 aromatic heterocycles. The Bertz CT molecular complexity index is 225. The van der Waals surface area contributed by atoms with Crippen LogP contribution in [0.15, 0.2) is 0 Å². The maximum atomic E-state index is 11.6. The number of nitrogens with one attached hydrogen (secondary N) is 2. The van der Waals surface area contributed by atoms with E-state index in [0.29, 0.717) is 39.6 Å². The van der Waals surface area contributed by atoms with Gasteiger partial charge in [0, 0.05) is 19.7 Å². The molecule has 6 heteroatoms. The van der Waals surface area contributed by atoms with Crippen LogP contribution in [0.25, 0.3) is 0 Å². The third-order valence-corrected chi connectivity index (χ3v) is 2.32. The van der Waals surface area contributed by atoms with Crippen molar-refractivity contribution in [2.24, 2.45) is 0 Å². The number of hydrogen-bond acceptors (Lipinski definition) is 5. The molecule has 0 bridgehead atoms. The molecule has 0 rings (SSSR count). The lowest BCUT2D eigenvalue weighted by molar-refractivity contribution is -0.123. The molecular weight excluding hydrogens is 248 g/mol. The number of rotatable bonds is 12. The Morgan fingerprint density at radius 3 is 2.16 bits per heavy atom. The SMILES string of the molecule is COCCOCCOCCNC(C)C(=O)NC(C)C. The number of methoxy groups -OCH3 is 1. The predicted molar refractivity (Wildman–Crippen MR) is 74.3 cm³/mol. The van der Waals surface area contributed by atoms with Crippen molar-refractivity contribution in [2.75, 3.05) is 46.7 Å². The van der Waals surface area contributed by atoms with Crippen LogP contribution in [0.5, 0.6) is 0 Å². The standard InChI is InChI=1S/C13H28N2O4/c1-11(2)15-13(16)12(3)14-5-6-18-9-10-19-8-7-17-4/h11-12,14H,5-10H2,1-4H3,(H,15,16). The van der Waals surface area contributed by atoms with E-state index in [1.165, 1.54) is 0 Å². The van der Waals surface area contributed by atoms with Crippen molar-refractivity contribution in [3.05, 3.63) is 0 Å². The molecule has 0 fully saturated rings. The molecule has 1 atom stereocenters. The fraction of sp³-hybridized carbons (Fsp3) is 0.923. The summed E-state index contributed by atoms with van der Waals surface area (Å²) < 4.78 is 15.5. The summed E-state index contributed by atoms with van der Waals surface area (Å²) in [6, 6.07) is -0.0406. The zero-order valence-electron chi connectivity index (χ0n) is 12.5. The van der Waals surface area contributed by atoms with Crippen LogP contribution in [0.1, 0.15) is 20.8 Å².